The van der Waals surface area contributed by atoms with Crippen LogP contribution in [-0.4, -0.2) is 103 Å². The van der Waals surface area contributed by atoms with Crippen LogP contribution in [0, 0.1) is 0 Å². The van der Waals surface area contributed by atoms with Gasteiger partial charge in [0.15, 0.2) is 0 Å². The van der Waals surface area contributed by atoms with Gasteiger partial charge in [-0.15, -0.1) is 0 Å². The molecule has 0 saturated carbocycles. The lowest BCUT2D eigenvalue weighted by Crippen LogP contribution is -2.53. The van der Waals surface area contributed by atoms with Gasteiger partial charge in [0.25, 0.3) is 0 Å². The fourth-order valence-electron chi connectivity index (χ4n) is 3.57. The van der Waals surface area contributed by atoms with Crippen molar-refractivity contribution in [2.45, 2.75) is 45.3 Å². The number of carbonyl (C=O) groups excluding carboxylic acids is 3. The van der Waals surface area contributed by atoms with E-state index in [1.165, 1.54) is 0 Å². The van der Waals surface area contributed by atoms with E-state index in [2.05, 4.69) is 10.2 Å². The molecule has 0 radical (unpaired) electrons. The Kier molecular flexibility index (Phi) is 8.00. The molecule has 0 aromatic heterocycles. The molecule has 3 N–H and O–H groups in total. The van der Waals surface area contributed by atoms with Gasteiger partial charge in [0.2, 0.25) is 17.7 Å². The van der Waals surface area contributed by atoms with Crippen molar-refractivity contribution in [2.24, 2.45) is 5.73 Å². The zero-order valence-electron chi connectivity index (χ0n) is 16.6. The normalized spacial score (nSPS) is 22.3. The molecule has 0 spiro atoms. The van der Waals surface area contributed by atoms with Gasteiger partial charge in [-0.25, -0.2) is 0 Å². The number of likely N-dealkylation sites (tertiary alicyclic amines) is 1. The molecule has 27 heavy (non-hydrogen) atoms. The summed E-state index contributed by atoms with van der Waals surface area (Å²) in [5.41, 5.74) is 5.13. The fourth-order valence-corrected chi connectivity index (χ4v) is 3.57. The van der Waals surface area contributed by atoms with Crippen molar-refractivity contribution in [1.29, 1.82) is 0 Å². The average molecular weight is 383 g/mol. The number of nitrogens with two attached hydrogens (primary N) is 1. The minimum atomic E-state index is -0.523. The van der Waals surface area contributed by atoms with E-state index in [4.69, 9.17) is 10.5 Å². The summed E-state index contributed by atoms with van der Waals surface area (Å²) in [5, 5.41) is 2.87. The number of ether oxygens (including phenoxy) is 1. The van der Waals surface area contributed by atoms with E-state index in [1.54, 1.807) is 11.8 Å². The van der Waals surface area contributed by atoms with Crippen LogP contribution in [0.5, 0.6) is 0 Å². The van der Waals surface area contributed by atoms with Gasteiger partial charge in [0.1, 0.15) is 6.04 Å². The first-order valence-corrected chi connectivity index (χ1v) is 9.74. The lowest BCUT2D eigenvalue weighted by Gasteiger charge is -2.35. The molecule has 0 unspecified atom stereocenters. The quantitative estimate of drug-likeness (QED) is 0.508. The first kappa shape index (κ1) is 21.6. The summed E-state index contributed by atoms with van der Waals surface area (Å²) in [7, 11) is 0. The molecular weight excluding hydrogens is 350 g/mol. The Morgan fingerprint density at radius 3 is 2.52 bits per heavy atom. The van der Waals surface area contributed by atoms with E-state index in [0.717, 1.165) is 32.8 Å². The number of hydrogen-bond donors (Lipinski definition) is 2. The molecule has 154 valence electrons. The summed E-state index contributed by atoms with van der Waals surface area (Å²) < 4.78 is 5.36. The average Bonchev–Trinajstić information content (AvgIpc) is 3.00. The highest BCUT2D eigenvalue weighted by molar-refractivity contribution is 5.91. The van der Waals surface area contributed by atoms with Crippen LogP contribution >= 0.6 is 0 Å². The highest BCUT2D eigenvalue weighted by Gasteiger charge is 2.38. The van der Waals surface area contributed by atoms with Crippen molar-refractivity contribution in [3.63, 3.8) is 0 Å². The van der Waals surface area contributed by atoms with Crippen LogP contribution in [0.1, 0.15) is 27.2 Å². The Labute approximate surface area is 161 Å². The molecule has 2 fully saturated rings. The van der Waals surface area contributed by atoms with Gasteiger partial charge in [-0.1, -0.05) is 0 Å². The van der Waals surface area contributed by atoms with E-state index in [1.807, 2.05) is 18.7 Å². The summed E-state index contributed by atoms with van der Waals surface area (Å²) >= 11 is 0. The van der Waals surface area contributed by atoms with Gasteiger partial charge < -0.3 is 20.3 Å². The van der Waals surface area contributed by atoms with Crippen LogP contribution in [0.3, 0.4) is 0 Å². The third-order valence-electron chi connectivity index (χ3n) is 5.25. The number of hydrogen-bond acceptors (Lipinski definition) is 6. The van der Waals surface area contributed by atoms with Gasteiger partial charge >= 0.3 is 0 Å². The van der Waals surface area contributed by atoms with E-state index >= 15 is 0 Å². The molecule has 2 saturated heterocycles. The van der Waals surface area contributed by atoms with Crippen molar-refractivity contribution < 1.29 is 19.1 Å². The summed E-state index contributed by atoms with van der Waals surface area (Å²) in [6.45, 7) is 10.9. The van der Waals surface area contributed by atoms with Crippen LogP contribution in [0.25, 0.3) is 0 Å². The largest absolute Gasteiger partial charge is 0.379 e. The zero-order valence-corrected chi connectivity index (χ0v) is 16.6. The molecular formula is C18H33N5O4. The minimum Gasteiger partial charge on any atom is -0.379 e. The van der Waals surface area contributed by atoms with Gasteiger partial charge in [-0.05, 0) is 27.2 Å². The first-order valence-electron chi connectivity index (χ1n) is 9.74. The number of nitrogens with one attached hydrogen (secondary N) is 1. The SMILES string of the molecule is CC(C)N(CCN1CCOCC1)C(=O)[C@H](C)N1CC[C@H](NCC(N)=O)C1=O. The first-order chi connectivity index (χ1) is 12.8. The van der Waals surface area contributed by atoms with E-state index in [0.29, 0.717) is 19.5 Å². The zero-order chi connectivity index (χ0) is 20.0. The molecule has 2 aliphatic rings. The Morgan fingerprint density at radius 2 is 1.93 bits per heavy atom. The molecule has 2 aliphatic heterocycles. The Hall–Kier alpha value is -1.71. The maximum absolute atomic E-state index is 13.1. The lowest BCUT2D eigenvalue weighted by atomic mass is 10.2. The second-order valence-corrected chi connectivity index (χ2v) is 7.48. The summed E-state index contributed by atoms with van der Waals surface area (Å²) in [6.07, 6.45) is 0.569. The predicted molar refractivity (Wildman–Crippen MR) is 101 cm³/mol. The second-order valence-electron chi connectivity index (χ2n) is 7.48. The van der Waals surface area contributed by atoms with E-state index < -0.39 is 18.0 Å². The number of nitrogens with zero attached hydrogens (tertiary/aromatic N) is 3. The number of amides is 3. The highest BCUT2D eigenvalue weighted by Crippen LogP contribution is 2.17. The molecule has 0 aliphatic carbocycles. The van der Waals surface area contributed by atoms with E-state index in [-0.39, 0.29) is 24.4 Å². The van der Waals surface area contributed by atoms with Gasteiger partial charge in [-0.2, -0.15) is 0 Å². The molecule has 2 atom stereocenters. The lowest BCUT2D eigenvalue weighted by molar-refractivity contribution is -0.145. The molecule has 9 nitrogen and oxygen atoms in total. The Morgan fingerprint density at radius 1 is 1.26 bits per heavy atom. The molecule has 0 bridgehead atoms. The minimum absolute atomic E-state index is 0.0375. The van der Waals surface area contributed by atoms with Crippen LogP contribution < -0.4 is 11.1 Å². The van der Waals surface area contributed by atoms with Crippen LogP contribution in [0.4, 0.5) is 0 Å². The molecule has 3 amide bonds. The second kappa shape index (κ2) is 10.0. The van der Waals surface area contributed by atoms with Crippen LogP contribution in [0.2, 0.25) is 0 Å². The third kappa shape index (κ3) is 5.88. The molecule has 9 heteroatoms. The van der Waals surface area contributed by atoms with Crippen LogP contribution in [-0.2, 0) is 19.1 Å². The maximum atomic E-state index is 13.1. The van der Waals surface area contributed by atoms with Crippen molar-refractivity contribution in [2.75, 3.05) is 52.5 Å². The van der Waals surface area contributed by atoms with Crippen molar-refractivity contribution in [3.05, 3.63) is 0 Å². The third-order valence-corrected chi connectivity index (χ3v) is 5.25. The summed E-state index contributed by atoms with van der Waals surface area (Å²) in [4.78, 5) is 42.3. The summed E-state index contributed by atoms with van der Waals surface area (Å²) in [5.74, 6) is -0.685. The standard InChI is InChI=1S/C18H33N5O4/c1-13(2)22(7-6-21-8-10-27-11-9-21)17(25)14(3)23-5-4-15(18(23)26)20-12-16(19)24/h13-15,20H,4-12H2,1-3H3,(H2,19,24)/t14-,15-/m0/s1. The van der Waals surface area contributed by atoms with Crippen LogP contribution in [0.15, 0.2) is 0 Å². The molecule has 0 aromatic carbocycles. The van der Waals surface area contributed by atoms with Gasteiger partial charge in [-0.3, -0.25) is 24.6 Å². The maximum Gasteiger partial charge on any atom is 0.245 e. The predicted octanol–water partition coefficient (Wildman–Crippen LogP) is -1.38. The smallest absolute Gasteiger partial charge is 0.245 e. The molecule has 2 heterocycles. The van der Waals surface area contributed by atoms with Crippen molar-refractivity contribution in [3.8, 4) is 0 Å². The Bertz CT molecular complexity index is 536. The highest BCUT2D eigenvalue weighted by atomic mass is 16.5. The van der Waals surface area contributed by atoms with Crippen molar-refractivity contribution >= 4 is 17.7 Å². The van der Waals surface area contributed by atoms with E-state index in [9.17, 15) is 14.4 Å². The van der Waals surface area contributed by atoms with Gasteiger partial charge in [0.05, 0.1) is 25.8 Å². The number of morpholine rings is 1. The van der Waals surface area contributed by atoms with Gasteiger partial charge in [0, 0.05) is 38.8 Å². The monoisotopic (exact) mass is 383 g/mol. The number of carbonyl (C=O) groups is 3. The van der Waals surface area contributed by atoms with Crippen molar-refractivity contribution in [1.82, 2.24) is 20.0 Å². The number of primary amides is 1. The molecule has 0 aromatic rings. The number of rotatable bonds is 9. The summed E-state index contributed by atoms with van der Waals surface area (Å²) in [6, 6.07) is -0.916. The Balaban J connectivity index is 1.91. The topological polar surface area (TPSA) is 108 Å². The fraction of sp³-hybridized carbons (Fsp3) is 0.833. The molecule has 2 rings (SSSR count).